The van der Waals surface area contributed by atoms with Crippen molar-refractivity contribution in [1.29, 1.82) is 0 Å². The summed E-state index contributed by atoms with van der Waals surface area (Å²) in [6.07, 6.45) is 0. The number of hydrogen-bond donors (Lipinski definition) is 0. The molecule has 0 amide bonds. The molecule has 1 radical (unpaired) electrons. The van der Waals surface area contributed by atoms with Gasteiger partial charge in [0.15, 0.2) is 0 Å². The largest absolute Gasteiger partial charge is 0.377 e. The minimum Gasteiger partial charge on any atom is -0.377 e. The fourth-order valence-electron chi connectivity index (χ4n) is 1.87. The average molecular weight is 473 g/mol. The summed E-state index contributed by atoms with van der Waals surface area (Å²) in [7, 11) is 0. The van der Waals surface area contributed by atoms with E-state index in [0.29, 0.717) is 79.3 Å². The predicted molar refractivity (Wildman–Crippen MR) is 104 cm³/mol. The van der Waals surface area contributed by atoms with Crippen molar-refractivity contribution in [3.8, 4) is 0 Å². The Kier molecular flexibility index (Phi) is 22.0. The van der Waals surface area contributed by atoms with E-state index in [2.05, 4.69) is 0 Å². The molecule has 1 saturated heterocycles. The van der Waals surface area contributed by atoms with Crippen LogP contribution in [-0.4, -0.2) is 142 Å². The maximum Gasteiger partial charge on any atom is 0.269 e. The number of para-hydroxylation sites is 1. The van der Waals surface area contributed by atoms with E-state index in [-0.39, 0.29) is 63.9 Å². The molecule has 10 heteroatoms. The number of hydrogen-bond acceptors (Lipinski definition) is 8. The van der Waals surface area contributed by atoms with Gasteiger partial charge in [-0.3, -0.25) is 10.1 Å². The maximum atomic E-state index is 10.0. The first kappa shape index (κ1) is 28.2. The molecule has 1 aromatic rings. The van der Waals surface area contributed by atoms with Crippen LogP contribution in [0.3, 0.4) is 0 Å². The predicted octanol–water partition coefficient (Wildman–Crippen LogP) is 1.31. The number of nitro benzene ring substituents is 1. The molecule has 2 rings (SSSR count). The molecule has 0 spiro atoms. The van der Waals surface area contributed by atoms with Crippen molar-refractivity contribution in [2.45, 2.75) is 0 Å². The quantitative estimate of drug-likeness (QED) is 0.446. The Balaban J connectivity index is 0.000000614. The molecule has 1 aliphatic heterocycles. The van der Waals surface area contributed by atoms with Gasteiger partial charge in [0.1, 0.15) is 0 Å². The Labute approximate surface area is 214 Å². The number of benzene rings is 1. The summed E-state index contributed by atoms with van der Waals surface area (Å²) in [6, 6.07) is 7.93. The molecule has 9 nitrogen and oxygen atoms in total. The first-order chi connectivity index (χ1) is 13.3. The minimum atomic E-state index is -0.417. The van der Waals surface area contributed by atoms with Crippen molar-refractivity contribution >= 4 is 63.9 Å². The van der Waals surface area contributed by atoms with Crippen molar-refractivity contribution in [2.24, 2.45) is 0 Å². The molecular formula is C18H29NO8Rb. The van der Waals surface area contributed by atoms with Gasteiger partial charge < -0.3 is 28.4 Å². The standard InChI is InChI=1S/C12H24O6.C6H5NO2.Rb/c1-2-14-5-6-16-9-10-18-12-11-17-8-7-15-4-3-13-1;8-7(9)6-4-2-1-3-5-6;/h1-12H2;1-5H;. The van der Waals surface area contributed by atoms with Gasteiger partial charge in [0.2, 0.25) is 0 Å². The fraction of sp³-hybridized carbons (Fsp3) is 0.667. The molecule has 1 aromatic carbocycles. The van der Waals surface area contributed by atoms with Gasteiger partial charge in [-0.25, -0.2) is 0 Å². The Morgan fingerprint density at radius 3 is 1.00 bits per heavy atom. The van der Waals surface area contributed by atoms with Gasteiger partial charge in [-0.15, -0.1) is 0 Å². The molecule has 0 aliphatic carbocycles. The molecule has 0 aromatic heterocycles. The van der Waals surface area contributed by atoms with Crippen LogP contribution in [-0.2, 0) is 28.4 Å². The zero-order valence-electron chi connectivity index (χ0n) is 16.6. The van der Waals surface area contributed by atoms with Crippen LogP contribution in [0.1, 0.15) is 0 Å². The second-order valence-corrected chi connectivity index (χ2v) is 5.27. The number of nitro groups is 1. The van der Waals surface area contributed by atoms with Gasteiger partial charge in [0.05, 0.1) is 84.2 Å². The third kappa shape index (κ3) is 18.2. The third-order valence-corrected chi connectivity index (χ3v) is 3.20. The summed E-state index contributed by atoms with van der Waals surface area (Å²) in [4.78, 5) is 9.59. The van der Waals surface area contributed by atoms with Crippen LogP contribution in [0.25, 0.3) is 0 Å². The first-order valence-electron chi connectivity index (χ1n) is 8.96. The molecule has 155 valence electrons. The second-order valence-electron chi connectivity index (χ2n) is 5.27. The average Bonchev–Trinajstić information content (AvgIpc) is 2.69. The molecule has 0 saturated carbocycles. The molecule has 1 heterocycles. The molecule has 1 aliphatic rings. The SMILES string of the molecule is C1COCCOCCOCCOCCOCCO1.O=[N+]([O-])c1ccccc1.[Rb]. The zero-order valence-corrected chi connectivity index (χ0v) is 21.5. The van der Waals surface area contributed by atoms with E-state index < -0.39 is 4.92 Å². The second kappa shape index (κ2) is 21.9. The van der Waals surface area contributed by atoms with Gasteiger partial charge in [-0.2, -0.15) is 0 Å². The van der Waals surface area contributed by atoms with Crippen LogP contribution in [0.2, 0.25) is 0 Å². The Morgan fingerprint density at radius 1 is 0.571 bits per heavy atom. The molecule has 1 fully saturated rings. The van der Waals surface area contributed by atoms with Gasteiger partial charge in [-0.1, -0.05) is 18.2 Å². The summed E-state index contributed by atoms with van der Waals surface area (Å²) in [6.45, 7) is 7.04. The van der Waals surface area contributed by atoms with Crippen LogP contribution >= 0.6 is 0 Å². The van der Waals surface area contributed by atoms with Crippen LogP contribution in [0.15, 0.2) is 30.3 Å². The van der Waals surface area contributed by atoms with E-state index in [0.717, 1.165) is 0 Å². The van der Waals surface area contributed by atoms with Crippen LogP contribution in [0, 0.1) is 10.1 Å². The number of non-ortho nitro benzene ring substituents is 1. The van der Waals surface area contributed by atoms with Crippen LogP contribution in [0.5, 0.6) is 0 Å². The van der Waals surface area contributed by atoms with Gasteiger partial charge in [0, 0.05) is 70.3 Å². The summed E-state index contributed by atoms with van der Waals surface area (Å²) in [5.41, 5.74) is 0.137. The van der Waals surface area contributed by atoms with E-state index in [1.807, 2.05) is 0 Å². The van der Waals surface area contributed by atoms with Crippen molar-refractivity contribution in [1.82, 2.24) is 0 Å². The van der Waals surface area contributed by atoms with E-state index in [1.165, 1.54) is 12.1 Å². The minimum absolute atomic E-state index is 0. The van der Waals surface area contributed by atoms with E-state index >= 15 is 0 Å². The van der Waals surface area contributed by atoms with Crippen LogP contribution in [0.4, 0.5) is 5.69 Å². The van der Waals surface area contributed by atoms with Crippen molar-refractivity contribution in [2.75, 3.05) is 79.3 Å². The van der Waals surface area contributed by atoms with Crippen molar-refractivity contribution in [3.63, 3.8) is 0 Å². The number of ether oxygens (including phenoxy) is 6. The fourth-order valence-corrected chi connectivity index (χ4v) is 1.87. The number of rotatable bonds is 1. The van der Waals surface area contributed by atoms with E-state index in [9.17, 15) is 10.1 Å². The van der Waals surface area contributed by atoms with Gasteiger partial charge in [0.25, 0.3) is 5.69 Å². The molecular weight excluding hydrogens is 444 g/mol. The molecule has 0 atom stereocenters. The Morgan fingerprint density at radius 2 is 0.821 bits per heavy atom. The maximum absolute atomic E-state index is 10.0. The summed E-state index contributed by atoms with van der Waals surface area (Å²) in [5, 5.41) is 10.0. The van der Waals surface area contributed by atoms with Crippen molar-refractivity contribution in [3.05, 3.63) is 40.4 Å². The third-order valence-electron chi connectivity index (χ3n) is 3.20. The normalized spacial score (nSPS) is 18.3. The summed E-state index contributed by atoms with van der Waals surface area (Å²) >= 11 is 0. The number of nitrogens with zero attached hydrogens (tertiary/aromatic N) is 1. The molecule has 0 unspecified atom stereocenters. The van der Waals surface area contributed by atoms with Crippen molar-refractivity contribution < 1.29 is 33.3 Å². The summed E-state index contributed by atoms with van der Waals surface area (Å²) < 4.78 is 32.0. The smallest absolute Gasteiger partial charge is 0.269 e. The molecule has 28 heavy (non-hydrogen) atoms. The van der Waals surface area contributed by atoms with Crippen LogP contribution < -0.4 is 0 Å². The first-order valence-corrected chi connectivity index (χ1v) is 8.96. The Bertz CT molecular complexity index is 391. The zero-order chi connectivity index (χ0) is 19.4. The van der Waals surface area contributed by atoms with Gasteiger partial charge >= 0.3 is 0 Å². The van der Waals surface area contributed by atoms with E-state index in [1.54, 1.807) is 18.2 Å². The topological polar surface area (TPSA) is 98.5 Å². The molecule has 0 N–H and O–H groups in total. The Hall–Kier alpha value is 0.185. The van der Waals surface area contributed by atoms with Gasteiger partial charge in [-0.05, 0) is 0 Å². The monoisotopic (exact) mass is 472 g/mol. The van der Waals surface area contributed by atoms with E-state index in [4.69, 9.17) is 28.4 Å². The summed E-state index contributed by atoms with van der Waals surface area (Å²) in [5.74, 6) is 0. The molecule has 0 bridgehead atoms.